The second-order valence-electron chi connectivity index (χ2n) is 7.21. The highest BCUT2D eigenvalue weighted by Crippen LogP contribution is 2.31. The second-order valence-corrected chi connectivity index (χ2v) is 7.65. The molecule has 4 rings (SSSR count). The molecule has 1 aliphatic heterocycles. The third-order valence-corrected chi connectivity index (χ3v) is 5.58. The van der Waals surface area contributed by atoms with Crippen LogP contribution < -0.4 is 9.47 Å². The zero-order chi connectivity index (χ0) is 21.1. The fraction of sp³-hybridized carbons (Fsp3) is 0.304. The molecule has 6 nitrogen and oxygen atoms in total. The van der Waals surface area contributed by atoms with E-state index in [-0.39, 0.29) is 11.8 Å². The van der Waals surface area contributed by atoms with Gasteiger partial charge in [0.2, 0.25) is 5.91 Å². The fourth-order valence-electron chi connectivity index (χ4n) is 3.67. The summed E-state index contributed by atoms with van der Waals surface area (Å²) in [5.41, 5.74) is 2.39. The molecule has 3 aromatic rings. The molecule has 0 atom stereocenters. The standard InChI is InChI=1S/C23H23ClN2O4/c1-28-20-6-3-15(13-21(20)29-2)4-8-22(27)26-11-9-16(10-12-26)23-25-18-14-17(24)5-7-19(18)30-23/h3-8,13-14,16H,9-12H2,1-2H3/b8-4+. The number of fused-ring (bicyclic) bond motifs is 1. The van der Waals surface area contributed by atoms with Crippen LogP contribution in [0.4, 0.5) is 0 Å². The van der Waals surface area contributed by atoms with Gasteiger partial charge in [-0.15, -0.1) is 0 Å². The number of carbonyl (C=O) groups excluding carboxylic acids is 1. The molecule has 0 bridgehead atoms. The number of methoxy groups -OCH3 is 2. The quantitative estimate of drug-likeness (QED) is 0.542. The number of carbonyl (C=O) groups is 1. The van der Waals surface area contributed by atoms with Crippen LogP contribution in [0.15, 0.2) is 46.9 Å². The molecule has 1 saturated heterocycles. The molecule has 7 heteroatoms. The summed E-state index contributed by atoms with van der Waals surface area (Å²) in [4.78, 5) is 19.0. The SMILES string of the molecule is COc1ccc(/C=C/C(=O)N2CCC(c3nc4cc(Cl)ccc4o3)CC2)cc1OC. The molecule has 2 heterocycles. The van der Waals surface area contributed by atoms with Gasteiger partial charge < -0.3 is 18.8 Å². The van der Waals surface area contributed by atoms with Crippen molar-refractivity contribution >= 4 is 34.7 Å². The lowest BCUT2D eigenvalue weighted by molar-refractivity contribution is -0.127. The Hall–Kier alpha value is -2.99. The van der Waals surface area contributed by atoms with Crippen LogP contribution in [0, 0.1) is 0 Å². The molecule has 0 radical (unpaired) electrons. The van der Waals surface area contributed by atoms with E-state index in [1.54, 1.807) is 32.4 Å². The Bertz CT molecular complexity index is 1080. The Morgan fingerprint density at radius 2 is 1.90 bits per heavy atom. The van der Waals surface area contributed by atoms with Crippen molar-refractivity contribution in [1.29, 1.82) is 0 Å². The monoisotopic (exact) mass is 426 g/mol. The maximum Gasteiger partial charge on any atom is 0.246 e. The van der Waals surface area contributed by atoms with Gasteiger partial charge in [0.15, 0.2) is 23.0 Å². The summed E-state index contributed by atoms with van der Waals surface area (Å²) < 4.78 is 16.4. The minimum absolute atomic E-state index is 0.00687. The zero-order valence-electron chi connectivity index (χ0n) is 16.9. The number of amides is 1. The van der Waals surface area contributed by atoms with Crippen molar-refractivity contribution in [2.24, 2.45) is 0 Å². The largest absolute Gasteiger partial charge is 0.493 e. The van der Waals surface area contributed by atoms with Crippen molar-refractivity contribution in [3.63, 3.8) is 0 Å². The van der Waals surface area contributed by atoms with Gasteiger partial charge >= 0.3 is 0 Å². The van der Waals surface area contributed by atoms with Crippen LogP contribution in [0.25, 0.3) is 17.2 Å². The molecule has 0 unspecified atom stereocenters. The lowest BCUT2D eigenvalue weighted by Crippen LogP contribution is -2.36. The van der Waals surface area contributed by atoms with E-state index < -0.39 is 0 Å². The molecule has 0 N–H and O–H groups in total. The lowest BCUT2D eigenvalue weighted by Gasteiger charge is -2.29. The predicted octanol–water partition coefficient (Wildman–Crippen LogP) is 4.92. The van der Waals surface area contributed by atoms with Crippen LogP contribution >= 0.6 is 11.6 Å². The summed E-state index contributed by atoms with van der Waals surface area (Å²) >= 11 is 6.03. The first kappa shape index (κ1) is 20.3. The summed E-state index contributed by atoms with van der Waals surface area (Å²) in [6.07, 6.45) is 5.02. The molecule has 30 heavy (non-hydrogen) atoms. The van der Waals surface area contributed by atoms with Gasteiger partial charge in [0, 0.05) is 30.1 Å². The van der Waals surface area contributed by atoms with Crippen LogP contribution in [-0.2, 0) is 4.79 Å². The number of benzene rings is 2. The third kappa shape index (κ3) is 4.28. The minimum atomic E-state index is -0.00687. The van der Waals surface area contributed by atoms with Crippen LogP contribution in [0.5, 0.6) is 11.5 Å². The Morgan fingerprint density at radius 1 is 1.13 bits per heavy atom. The average molecular weight is 427 g/mol. The zero-order valence-corrected chi connectivity index (χ0v) is 17.7. The predicted molar refractivity (Wildman–Crippen MR) is 116 cm³/mol. The summed E-state index contributed by atoms with van der Waals surface area (Å²) in [5.74, 6) is 2.21. The Balaban J connectivity index is 1.37. The van der Waals surface area contributed by atoms with Crippen molar-refractivity contribution in [2.75, 3.05) is 27.3 Å². The lowest BCUT2D eigenvalue weighted by atomic mass is 9.96. The van der Waals surface area contributed by atoms with E-state index in [1.165, 1.54) is 0 Å². The summed E-state index contributed by atoms with van der Waals surface area (Å²) in [5, 5.41) is 0.643. The van der Waals surface area contributed by atoms with Crippen LogP contribution in [0.1, 0.15) is 30.2 Å². The van der Waals surface area contributed by atoms with Crippen molar-refractivity contribution in [1.82, 2.24) is 9.88 Å². The molecule has 2 aromatic carbocycles. The molecule has 1 amide bonds. The number of hydrogen-bond acceptors (Lipinski definition) is 5. The first-order valence-corrected chi connectivity index (χ1v) is 10.2. The summed E-state index contributed by atoms with van der Waals surface area (Å²) in [6.45, 7) is 1.33. The summed E-state index contributed by atoms with van der Waals surface area (Å²) in [6, 6.07) is 11.0. The number of nitrogens with zero attached hydrogens (tertiary/aromatic N) is 2. The van der Waals surface area contributed by atoms with Gasteiger partial charge in [-0.25, -0.2) is 4.98 Å². The van der Waals surface area contributed by atoms with E-state index in [1.807, 2.05) is 35.2 Å². The second kappa shape index (κ2) is 8.79. The highest BCUT2D eigenvalue weighted by Gasteiger charge is 2.26. The molecule has 0 aliphatic carbocycles. The Morgan fingerprint density at radius 3 is 2.63 bits per heavy atom. The van der Waals surface area contributed by atoms with Crippen LogP contribution in [0.2, 0.25) is 5.02 Å². The van der Waals surface area contributed by atoms with E-state index in [0.717, 1.165) is 35.4 Å². The van der Waals surface area contributed by atoms with Gasteiger partial charge in [-0.05, 0) is 54.8 Å². The van der Waals surface area contributed by atoms with E-state index in [2.05, 4.69) is 4.98 Å². The van der Waals surface area contributed by atoms with Crippen molar-refractivity contribution < 1.29 is 18.7 Å². The van der Waals surface area contributed by atoms with E-state index in [9.17, 15) is 4.79 Å². The van der Waals surface area contributed by atoms with Gasteiger partial charge in [0.1, 0.15) is 5.52 Å². The van der Waals surface area contributed by atoms with Crippen LogP contribution in [-0.4, -0.2) is 43.1 Å². The molecular formula is C23H23ClN2O4. The molecule has 1 aromatic heterocycles. The first-order valence-electron chi connectivity index (χ1n) is 9.82. The number of piperidine rings is 1. The number of halogens is 1. The number of oxazole rings is 1. The van der Waals surface area contributed by atoms with E-state index >= 15 is 0 Å². The maximum absolute atomic E-state index is 12.6. The Kier molecular flexibility index (Phi) is 5.95. The van der Waals surface area contributed by atoms with E-state index in [0.29, 0.717) is 29.6 Å². The highest BCUT2D eigenvalue weighted by molar-refractivity contribution is 6.31. The number of aromatic nitrogens is 1. The molecule has 1 aliphatic rings. The minimum Gasteiger partial charge on any atom is -0.493 e. The molecule has 156 valence electrons. The van der Waals surface area contributed by atoms with Gasteiger partial charge in [0.05, 0.1) is 14.2 Å². The van der Waals surface area contributed by atoms with Gasteiger partial charge in [0.25, 0.3) is 0 Å². The van der Waals surface area contributed by atoms with Crippen molar-refractivity contribution in [2.45, 2.75) is 18.8 Å². The molecule has 0 saturated carbocycles. The molecule has 1 fully saturated rings. The van der Waals surface area contributed by atoms with Gasteiger partial charge in [-0.3, -0.25) is 4.79 Å². The smallest absolute Gasteiger partial charge is 0.246 e. The summed E-state index contributed by atoms with van der Waals surface area (Å²) in [7, 11) is 3.18. The number of likely N-dealkylation sites (tertiary alicyclic amines) is 1. The average Bonchev–Trinajstić information content (AvgIpc) is 3.20. The Labute approximate surface area is 180 Å². The van der Waals surface area contributed by atoms with E-state index in [4.69, 9.17) is 25.5 Å². The van der Waals surface area contributed by atoms with Crippen LogP contribution in [0.3, 0.4) is 0 Å². The maximum atomic E-state index is 12.6. The van der Waals surface area contributed by atoms with Gasteiger partial charge in [-0.1, -0.05) is 17.7 Å². The third-order valence-electron chi connectivity index (χ3n) is 5.35. The molecule has 0 spiro atoms. The molecular weight excluding hydrogens is 404 g/mol. The normalized spacial score (nSPS) is 15.1. The number of hydrogen-bond donors (Lipinski definition) is 0. The number of rotatable bonds is 5. The van der Waals surface area contributed by atoms with Gasteiger partial charge in [-0.2, -0.15) is 0 Å². The van der Waals surface area contributed by atoms with Crippen molar-refractivity contribution in [3.8, 4) is 11.5 Å². The topological polar surface area (TPSA) is 64.8 Å². The van der Waals surface area contributed by atoms with Crippen molar-refractivity contribution in [3.05, 3.63) is 59.0 Å². The fourth-order valence-corrected chi connectivity index (χ4v) is 3.84. The first-order chi connectivity index (χ1) is 14.6. The highest BCUT2D eigenvalue weighted by atomic mass is 35.5. The number of ether oxygens (including phenoxy) is 2.